The van der Waals surface area contributed by atoms with Crippen molar-refractivity contribution in [3.63, 3.8) is 0 Å². The van der Waals surface area contributed by atoms with Gasteiger partial charge in [0.25, 0.3) is 0 Å². The first-order valence-corrected chi connectivity index (χ1v) is 5.42. The van der Waals surface area contributed by atoms with E-state index in [-0.39, 0.29) is 18.1 Å². The van der Waals surface area contributed by atoms with Crippen LogP contribution in [0, 0.1) is 11.8 Å². The van der Waals surface area contributed by atoms with Crippen LogP contribution in [-0.2, 0) is 19.0 Å². The van der Waals surface area contributed by atoms with Gasteiger partial charge in [-0.2, -0.15) is 4.33 Å². The molecule has 92 valence electrons. The molecule has 0 bridgehead atoms. The first kappa shape index (κ1) is 13.2. The zero-order valence-corrected chi connectivity index (χ0v) is 8.97. The lowest BCUT2D eigenvalue weighted by Gasteiger charge is -2.33. The second-order valence-corrected chi connectivity index (χ2v) is 4.53. The first-order valence-electron chi connectivity index (χ1n) is 4.62. The summed E-state index contributed by atoms with van der Waals surface area (Å²) in [6.45, 7) is 0. The van der Waals surface area contributed by atoms with Crippen LogP contribution in [0.2, 0.25) is 0 Å². The minimum absolute atomic E-state index is 0.113. The molecule has 0 heterocycles. The number of rotatable bonds is 5. The van der Waals surface area contributed by atoms with Crippen molar-refractivity contribution in [2.75, 3.05) is 0 Å². The van der Waals surface area contributed by atoms with Crippen molar-refractivity contribution in [2.24, 2.45) is 11.8 Å². The Labute approximate surface area is 95.4 Å². The van der Waals surface area contributed by atoms with E-state index in [0.29, 0.717) is 6.42 Å². The Balaban J connectivity index is 2.58. The van der Waals surface area contributed by atoms with Crippen LogP contribution in [0.5, 0.6) is 0 Å². The molecule has 1 aliphatic carbocycles. The standard InChI is InChI=1S/C8H12O7S/c9-7(10)5-2-1-4(16-15-14-13)3-6(5)8(11)12/h4-6,13H,1-3H2,(H,9,10)(H,11,12)/p-2. The molecule has 0 radical (unpaired) electrons. The molecule has 3 atom stereocenters. The highest BCUT2D eigenvalue weighted by Gasteiger charge is 2.36. The molecule has 1 rings (SSSR count). The van der Waals surface area contributed by atoms with Crippen LogP contribution in [0.3, 0.4) is 0 Å². The fourth-order valence-electron chi connectivity index (χ4n) is 1.85. The van der Waals surface area contributed by atoms with E-state index in [2.05, 4.69) is 9.37 Å². The van der Waals surface area contributed by atoms with Crippen LogP contribution in [-0.4, -0.2) is 22.3 Å². The monoisotopic (exact) mass is 250 g/mol. The maximum atomic E-state index is 10.9. The number of carbonyl (C=O) groups excluding carboxylic acids is 1. The molecular weight excluding hydrogens is 240 g/mol. The minimum atomic E-state index is -1.35. The van der Waals surface area contributed by atoms with E-state index < -0.39 is 23.8 Å². The number of hydrogen-bond donors (Lipinski definition) is 1. The Bertz CT molecular complexity index is 269. The van der Waals surface area contributed by atoms with Crippen LogP contribution >= 0.6 is 12.0 Å². The molecule has 8 heteroatoms. The topological polar surface area (TPSA) is 119 Å². The van der Waals surface area contributed by atoms with Crippen LogP contribution < -0.4 is 10.4 Å². The van der Waals surface area contributed by atoms with Gasteiger partial charge in [0.2, 0.25) is 0 Å². The third-order valence-electron chi connectivity index (χ3n) is 2.63. The van der Waals surface area contributed by atoms with Crippen molar-refractivity contribution in [3.05, 3.63) is 0 Å². The van der Waals surface area contributed by atoms with Gasteiger partial charge in [0.05, 0.1) is 5.92 Å². The third-order valence-corrected chi connectivity index (χ3v) is 3.46. The molecule has 16 heavy (non-hydrogen) atoms. The van der Waals surface area contributed by atoms with Crippen LogP contribution in [0.4, 0.5) is 0 Å². The van der Waals surface area contributed by atoms with Crippen molar-refractivity contribution in [1.29, 1.82) is 0 Å². The van der Waals surface area contributed by atoms with Crippen LogP contribution in [0.25, 0.3) is 0 Å². The quantitative estimate of drug-likeness (QED) is 0.355. The van der Waals surface area contributed by atoms with Crippen molar-refractivity contribution >= 4 is 24.0 Å². The van der Waals surface area contributed by atoms with Crippen LogP contribution in [0.15, 0.2) is 0 Å². The predicted molar refractivity (Wildman–Crippen MR) is 47.0 cm³/mol. The molecule has 3 unspecified atom stereocenters. The number of carboxylic acid groups (broad SMARTS) is 2. The summed E-state index contributed by atoms with van der Waals surface area (Å²) >= 11 is 0.721. The molecule has 1 N–H and O–H groups in total. The van der Waals surface area contributed by atoms with Gasteiger partial charge in [0.15, 0.2) is 0 Å². The molecule has 1 aliphatic rings. The predicted octanol–water partition coefficient (Wildman–Crippen LogP) is -1.52. The van der Waals surface area contributed by atoms with E-state index >= 15 is 0 Å². The van der Waals surface area contributed by atoms with E-state index in [1.807, 2.05) is 0 Å². The average Bonchev–Trinajstić information content (AvgIpc) is 2.25. The average molecular weight is 250 g/mol. The first-order chi connectivity index (χ1) is 7.56. The molecule has 0 aliphatic heterocycles. The Morgan fingerprint density at radius 2 is 2.00 bits per heavy atom. The van der Waals surface area contributed by atoms with Crippen molar-refractivity contribution in [2.45, 2.75) is 24.5 Å². The van der Waals surface area contributed by atoms with Crippen molar-refractivity contribution in [1.82, 2.24) is 0 Å². The second kappa shape index (κ2) is 6.04. The maximum absolute atomic E-state index is 10.9. The fraction of sp³-hybridized carbons (Fsp3) is 0.750. The molecule has 7 nitrogen and oxygen atoms in total. The molecule has 1 fully saturated rings. The summed E-state index contributed by atoms with van der Waals surface area (Å²) in [5.41, 5.74) is 0. The lowest BCUT2D eigenvalue weighted by atomic mass is 9.79. The minimum Gasteiger partial charge on any atom is -0.691 e. The lowest BCUT2D eigenvalue weighted by Crippen LogP contribution is -2.43. The summed E-state index contributed by atoms with van der Waals surface area (Å²) in [6.07, 6.45) is 0.748. The van der Waals surface area contributed by atoms with E-state index in [4.69, 9.17) is 5.11 Å². The zero-order valence-electron chi connectivity index (χ0n) is 8.16. The summed E-state index contributed by atoms with van der Waals surface area (Å²) < 4.78 is 4.10. The third kappa shape index (κ3) is 3.34. The summed E-state index contributed by atoms with van der Waals surface area (Å²) in [7, 11) is 0. The maximum Gasteiger partial charge on any atom is 0.307 e. The van der Waals surface area contributed by atoms with E-state index in [1.54, 1.807) is 0 Å². The molecule has 0 aromatic rings. The Kier molecular flexibility index (Phi) is 5.00. The van der Waals surface area contributed by atoms with Crippen molar-refractivity contribution < 1.29 is 34.4 Å². The summed E-state index contributed by atoms with van der Waals surface area (Å²) in [5, 5.41) is 32.1. The molecule has 0 aromatic heterocycles. The molecule has 1 saturated carbocycles. The van der Waals surface area contributed by atoms with Crippen molar-refractivity contribution in [3.8, 4) is 0 Å². The van der Waals surface area contributed by atoms with E-state index in [9.17, 15) is 20.0 Å². The Morgan fingerprint density at radius 3 is 2.50 bits per heavy atom. The van der Waals surface area contributed by atoms with Gasteiger partial charge in [-0.15, -0.1) is 0 Å². The normalized spacial score (nSPS) is 29.9. The highest BCUT2D eigenvalue weighted by molar-refractivity contribution is 7.95. The Morgan fingerprint density at radius 1 is 1.31 bits per heavy atom. The largest absolute Gasteiger partial charge is 0.691 e. The zero-order chi connectivity index (χ0) is 12.1. The van der Waals surface area contributed by atoms with Gasteiger partial charge in [-0.3, -0.25) is 9.83 Å². The summed E-state index contributed by atoms with van der Waals surface area (Å²) in [6, 6.07) is 0. The number of carbonyl (C=O) groups is 2. The highest BCUT2D eigenvalue weighted by Crippen LogP contribution is 2.36. The van der Waals surface area contributed by atoms with Gasteiger partial charge in [-0.25, -0.2) is 0 Å². The lowest BCUT2D eigenvalue weighted by molar-refractivity contribution is -0.777. The Hall–Kier alpha value is -0.830. The smallest absolute Gasteiger partial charge is 0.307 e. The molecule has 0 aromatic carbocycles. The van der Waals surface area contributed by atoms with Crippen LogP contribution in [0.1, 0.15) is 19.3 Å². The van der Waals surface area contributed by atoms with Gasteiger partial charge in [0, 0.05) is 29.2 Å². The highest BCUT2D eigenvalue weighted by atomic mass is 32.2. The fourth-order valence-corrected chi connectivity index (χ4v) is 2.51. The molecule has 0 amide bonds. The SMILES string of the molecule is O=C([O-])C1CCC(SOO[O-])CC1C(=O)O. The van der Waals surface area contributed by atoms with E-state index in [0.717, 1.165) is 12.0 Å². The number of carboxylic acids is 2. The summed E-state index contributed by atoms with van der Waals surface area (Å²) in [5.74, 6) is -4.52. The van der Waals surface area contributed by atoms with E-state index in [1.165, 1.54) is 0 Å². The summed E-state index contributed by atoms with van der Waals surface area (Å²) in [4.78, 5) is 21.6. The van der Waals surface area contributed by atoms with Gasteiger partial charge >= 0.3 is 5.97 Å². The molecule has 0 saturated heterocycles. The van der Waals surface area contributed by atoms with Gasteiger partial charge in [-0.05, 0) is 19.3 Å². The van der Waals surface area contributed by atoms with Gasteiger partial charge in [-0.1, -0.05) is 0 Å². The second-order valence-electron chi connectivity index (χ2n) is 3.54. The molecule has 0 spiro atoms. The number of aliphatic carboxylic acids is 2. The van der Waals surface area contributed by atoms with Gasteiger partial charge in [0.1, 0.15) is 0 Å². The molecular formula is C8H10O7S-2. The van der Waals surface area contributed by atoms with Gasteiger partial charge < -0.3 is 20.3 Å². The number of hydrogen-bond acceptors (Lipinski definition) is 7.